The van der Waals surface area contributed by atoms with E-state index in [2.05, 4.69) is 10.3 Å². The molecule has 2 fully saturated rings. The SMILES string of the molecule is O=C1CCC(N2Cc3cc(-c4cc(CN5CC(c6ccc(F)c(F)c6)C5)c(F)cn4)ccc3C2=O)C(=O)N1. The zero-order valence-corrected chi connectivity index (χ0v) is 20.2. The molecule has 0 bridgehead atoms. The van der Waals surface area contributed by atoms with Crippen molar-refractivity contribution in [2.75, 3.05) is 13.1 Å². The number of nitrogens with one attached hydrogen (secondary N) is 1. The molecule has 38 heavy (non-hydrogen) atoms. The number of carbonyl (C=O) groups excluding carboxylic acids is 3. The Bertz CT molecular complexity index is 1490. The summed E-state index contributed by atoms with van der Waals surface area (Å²) in [5, 5.41) is 2.29. The van der Waals surface area contributed by atoms with Gasteiger partial charge in [-0.1, -0.05) is 12.1 Å². The molecule has 0 radical (unpaired) electrons. The summed E-state index contributed by atoms with van der Waals surface area (Å²) in [6.07, 6.45) is 1.64. The number of hydrogen-bond acceptors (Lipinski definition) is 5. The van der Waals surface area contributed by atoms with E-state index in [1.165, 1.54) is 17.2 Å². The Morgan fingerprint density at radius 2 is 1.76 bits per heavy atom. The molecule has 3 amide bonds. The van der Waals surface area contributed by atoms with Crippen molar-refractivity contribution < 1.29 is 27.6 Å². The molecule has 1 aromatic heterocycles. The first kappa shape index (κ1) is 24.3. The van der Waals surface area contributed by atoms with Gasteiger partial charge in [0.15, 0.2) is 11.6 Å². The van der Waals surface area contributed by atoms with Crippen molar-refractivity contribution in [3.05, 3.63) is 88.4 Å². The third-order valence-corrected chi connectivity index (χ3v) is 7.52. The molecule has 0 aliphatic carbocycles. The van der Waals surface area contributed by atoms with Gasteiger partial charge < -0.3 is 4.90 Å². The lowest BCUT2D eigenvalue weighted by molar-refractivity contribution is -0.136. The highest BCUT2D eigenvalue weighted by atomic mass is 19.2. The van der Waals surface area contributed by atoms with Gasteiger partial charge in [0.2, 0.25) is 11.8 Å². The van der Waals surface area contributed by atoms with E-state index < -0.39 is 29.4 Å². The average Bonchev–Trinajstić information content (AvgIpc) is 3.19. The summed E-state index contributed by atoms with van der Waals surface area (Å²) in [6, 6.07) is 10.1. The molecular weight excluding hydrogens is 497 g/mol. The van der Waals surface area contributed by atoms with Crippen LogP contribution in [0.5, 0.6) is 0 Å². The zero-order chi connectivity index (χ0) is 26.6. The van der Waals surface area contributed by atoms with Crippen molar-refractivity contribution in [1.29, 1.82) is 0 Å². The first-order chi connectivity index (χ1) is 18.3. The van der Waals surface area contributed by atoms with Crippen molar-refractivity contribution in [1.82, 2.24) is 20.1 Å². The predicted molar refractivity (Wildman–Crippen MR) is 130 cm³/mol. The van der Waals surface area contributed by atoms with Crippen molar-refractivity contribution in [3.63, 3.8) is 0 Å². The minimum atomic E-state index is -0.879. The van der Waals surface area contributed by atoms with Gasteiger partial charge in [0.1, 0.15) is 11.9 Å². The molecule has 2 aromatic carbocycles. The largest absolute Gasteiger partial charge is 0.322 e. The first-order valence-electron chi connectivity index (χ1n) is 12.4. The molecule has 7 nitrogen and oxygen atoms in total. The Morgan fingerprint density at radius 1 is 0.947 bits per heavy atom. The first-order valence-corrected chi connectivity index (χ1v) is 12.4. The molecule has 1 unspecified atom stereocenters. The van der Waals surface area contributed by atoms with Crippen LogP contribution in [0.2, 0.25) is 0 Å². The van der Waals surface area contributed by atoms with Gasteiger partial charge in [0, 0.05) is 55.2 Å². The molecular formula is C28H23F3N4O3. The lowest BCUT2D eigenvalue weighted by atomic mass is 9.91. The second-order valence-corrected chi connectivity index (χ2v) is 10.00. The zero-order valence-electron chi connectivity index (χ0n) is 20.2. The number of aromatic nitrogens is 1. The number of halogens is 3. The van der Waals surface area contributed by atoms with E-state index in [0.29, 0.717) is 42.0 Å². The monoisotopic (exact) mass is 520 g/mol. The highest BCUT2D eigenvalue weighted by Crippen LogP contribution is 2.33. The fourth-order valence-electron chi connectivity index (χ4n) is 5.41. The number of amides is 3. The van der Waals surface area contributed by atoms with Gasteiger partial charge in [-0.3, -0.25) is 29.6 Å². The fraction of sp³-hybridized carbons (Fsp3) is 0.286. The summed E-state index contributed by atoms with van der Waals surface area (Å²) in [7, 11) is 0. The summed E-state index contributed by atoms with van der Waals surface area (Å²) in [5.74, 6) is -3.21. The van der Waals surface area contributed by atoms with Crippen LogP contribution >= 0.6 is 0 Å². The van der Waals surface area contributed by atoms with Gasteiger partial charge >= 0.3 is 0 Å². The highest BCUT2D eigenvalue weighted by Gasteiger charge is 2.39. The van der Waals surface area contributed by atoms with E-state index in [0.717, 1.165) is 17.2 Å². The lowest BCUT2D eigenvalue weighted by Gasteiger charge is -2.39. The second kappa shape index (κ2) is 9.36. The Balaban J connectivity index is 1.16. The number of likely N-dealkylation sites (tertiary alicyclic amines) is 1. The summed E-state index contributed by atoms with van der Waals surface area (Å²) < 4.78 is 41.4. The minimum absolute atomic E-state index is 0.0519. The van der Waals surface area contributed by atoms with Gasteiger partial charge in [-0.05, 0) is 47.9 Å². The molecule has 1 atom stereocenters. The molecule has 3 aliphatic rings. The molecule has 0 spiro atoms. The topological polar surface area (TPSA) is 82.6 Å². The van der Waals surface area contributed by atoms with Gasteiger partial charge in [0.05, 0.1) is 11.9 Å². The summed E-state index contributed by atoms with van der Waals surface area (Å²) >= 11 is 0. The van der Waals surface area contributed by atoms with Crippen molar-refractivity contribution in [3.8, 4) is 11.3 Å². The van der Waals surface area contributed by atoms with E-state index in [9.17, 15) is 27.6 Å². The maximum atomic E-state index is 14.6. The van der Waals surface area contributed by atoms with E-state index in [-0.39, 0.29) is 37.1 Å². The van der Waals surface area contributed by atoms with E-state index in [4.69, 9.17) is 0 Å². The Kier molecular flexibility index (Phi) is 5.98. The number of fused-ring (bicyclic) bond motifs is 1. The standard InChI is InChI=1S/C28H23F3N4O3/c29-21-4-2-15(8-22(21)30)19-12-34(13-19)11-18-9-24(32-10-23(18)31)16-1-3-20-17(7-16)14-35(28(20)38)25-5-6-26(36)33-27(25)37/h1-4,7-10,19,25H,5-6,11-14H2,(H,33,36,37). The maximum Gasteiger partial charge on any atom is 0.255 e. The molecule has 0 saturated carbocycles. The Labute approximate surface area is 216 Å². The smallest absolute Gasteiger partial charge is 0.255 e. The number of nitrogens with zero attached hydrogens (tertiary/aromatic N) is 3. The van der Waals surface area contributed by atoms with Gasteiger partial charge in [-0.2, -0.15) is 0 Å². The summed E-state index contributed by atoms with van der Waals surface area (Å²) in [5.41, 5.74) is 3.67. The normalized spacial score (nSPS) is 19.9. The number of benzene rings is 2. The van der Waals surface area contributed by atoms with Crippen LogP contribution in [0.1, 0.15) is 45.8 Å². The van der Waals surface area contributed by atoms with Crippen LogP contribution in [-0.4, -0.2) is 51.6 Å². The molecule has 1 N–H and O–H groups in total. The molecule has 6 rings (SSSR count). The number of rotatable bonds is 5. The van der Waals surface area contributed by atoms with Crippen LogP contribution in [-0.2, 0) is 22.7 Å². The Morgan fingerprint density at radius 3 is 2.53 bits per heavy atom. The molecule has 3 aromatic rings. The van der Waals surface area contributed by atoms with E-state index >= 15 is 0 Å². The third kappa shape index (κ3) is 4.34. The number of imide groups is 1. The van der Waals surface area contributed by atoms with Crippen molar-refractivity contribution in [2.24, 2.45) is 0 Å². The highest BCUT2D eigenvalue weighted by molar-refractivity contribution is 6.05. The number of carbonyl (C=O) groups is 3. The Hall–Kier alpha value is -4.05. The maximum absolute atomic E-state index is 14.6. The van der Waals surface area contributed by atoms with Crippen LogP contribution in [0.25, 0.3) is 11.3 Å². The summed E-state index contributed by atoms with van der Waals surface area (Å²) in [6.45, 7) is 1.77. The van der Waals surface area contributed by atoms with Crippen LogP contribution in [0, 0.1) is 17.5 Å². The van der Waals surface area contributed by atoms with Crippen LogP contribution < -0.4 is 5.32 Å². The van der Waals surface area contributed by atoms with Gasteiger partial charge in [-0.25, -0.2) is 13.2 Å². The quantitative estimate of drug-likeness (QED) is 0.521. The molecule has 194 valence electrons. The van der Waals surface area contributed by atoms with E-state index in [1.54, 1.807) is 24.3 Å². The molecule has 10 heteroatoms. The minimum Gasteiger partial charge on any atom is -0.322 e. The molecule has 2 saturated heterocycles. The van der Waals surface area contributed by atoms with E-state index in [1.807, 2.05) is 11.0 Å². The van der Waals surface area contributed by atoms with Crippen LogP contribution in [0.4, 0.5) is 13.2 Å². The summed E-state index contributed by atoms with van der Waals surface area (Å²) in [4.78, 5) is 44.5. The number of pyridine rings is 1. The van der Waals surface area contributed by atoms with Gasteiger partial charge in [0.25, 0.3) is 5.91 Å². The number of piperidine rings is 1. The predicted octanol–water partition coefficient (Wildman–Crippen LogP) is 3.53. The second-order valence-electron chi connectivity index (χ2n) is 10.00. The van der Waals surface area contributed by atoms with Crippen molar-refractivity contribution in [2.45, 2.75) is 37.9 Å². The fourth-order valence-corrected chi connectivity index (χ4v) is 5.41. The third-order valence-electron chi connectivity index (χ3n) is 7.52. The average molecular weight is 521 g/mol. The van der Waals surface area contributed by atoms with Crippen LogP contribution in [0.15, 0.2) is 48.7 Å². The van der Waals surface area contributed by atoms with Crippen molar-refractivity contribution >= 4 is 17.7 Å². The lowest BCUT2D eigenvalue weighted by Crippen LogP contribution is -2.52. The number of hydrogen-bond donors (Lipinski definition) is 1. The molecule has 3 aliphatic heterocycles. The molecule has 4 heterocycles. The van der Waals surface area contributed by atoms with Crippen LogP contribution in [0.3, 0.4) is 0 Å². The van der Waals surface area contributed by atoms with Gasteiger partial charge in [-0.15, -0.1) is 0 Å².